The number of benzene rings is 2. The zero-order valence-electron chi connectivity index (χ0n) is 18.8. The Bertz CT molecular complexity index is 820. The van der Waals surface area contributed by atoms with E-state index >= 15 is 0 Å². The van der Waals surface area contributed by atoms with E-state index in [2.05, 4.69) is 78.2 Å². The molecule has 1 heterocycles. The van der Waals surface area contributed by atoms with Gasteiger partial charge in [-0.25, -0.2) is 0 Å². The van der Waals surface area contributed by atoms with E-state index in [0.29, 0.717) is 18.2 Å². The van der Waals surface area contributed by atoms with Crippen molar-refractivity contribution >= 4 is 11.4 Å². The van der Waals surface area contributed by atoms with E-state index in [0.717, 1.165) is 11.8 Å². The Morgan fingerprint density at radius 2 is 1.27 bits per heavy atom. The molecule has 1 aliphatic heterocycles. The normalized spacial score (nSPS) is 28.4. The van der Waals surface area contributed by atoms with Crippen molar-refractivity contribution in [3.8, 4) is 0 Å². The van der Waals surface area contributed by atoms with E-state index in [9.17, 15) is 0 Å². The van der Waals surface area contributed by atoms with Crippen LogP contribution in [0.3, 0.4) is 0 Å². The van der Waals surface area contributed by atoms with E-state index in [1.165, 1.54) is 74.7 Å². The molecule has 2 aromatic rings. The molecule has 3 aliphatic rings. The first-order chi connectivity index (χ1) is 14.8. The van der Waals surface area contributed by atoms with Crippen LogP contribution >= 0.6 is 0 Å². The number of hydrogen-bond acceptors (Lipinski definition) is 2. The van der Waals surface area contributed by atoms with Crippen LogP contribution in [-0.2, 0) is 0 Å². The highest BCUT2D eigenvalue weighted by Crippen LogP contribution is 2.47. The number of para-hydroxylation sites is 2. The molecule has 0 aromatic heterocycles. The van der Waals surface area contributed by atoms with Crippen LogP contribution in [-0.4, -0.2) is 18.2 Å². The van der Waals surface area contributed by atoms with Crippen LogP contribution in [0, 0.1) is 18.8 Å². The second kappa shape index (κ2) is 8.65. The minimum absolute atomic E-state index is 0.484. The Hall–Kier alpha value is -1.96. The van der Waals surface area contributed by atoms with Crippen molar-refractivity contribution < 1.29 is 0 Å². The molecule has 5 rings (SSSR count). The second-order valence-electron chi connectivity index (χ2n) is 10.0. The van der Waals surface area contributed by atoms with Crippen molar-refractivity contribution in [1.82, 2.24) is 0 Å². The molecule has 2 aliphatic carbocycles. The van der Waals surface area contributed by atoms with Crippen LogP contribution < -0.4 is 9.80 Å². The van der Waals surface area contributed by atoms with Gasteiger partial charge in [0, 0.05) is 17.4 Å². The molecule has 3 fully saturated rings. The van der Waals surface area contributed by atoms with Crippen LogP contribution in [0.5, 0.6) is 0 Å². The molecule has 0 spiro atoms. The Morgan fingerprint density at radius 3 is 1.97 bits per heavy atom. The molecule has 30 heavy (non-hydrogen) atoms. The van der Waals surface area contributed by atoms with Crippen molar-refractivity contribution in [3.05, 3.63) is 60.2 Å². The first kappa shape index (κ1) is 20.0. The maximum absolute atomic E-state index is 2.89. The van der Waals surface area contributed by atoms with Crippen molar-refractivity contribution in [3.63, 3.8) is 0 Å². The van der Waals surface area contributed by atoms with Gasteiger partial charge in [-0.15, -0.1) is 0 Å². The fourth-order valence-corrected chi connectivity index (χ4v) is 6.89. The lowest BCUT2D eigenvalue weighted by molar-refractivity contribution is 0.289. The Labute approximate surface area is 183 Å². The van der Waals surface area contributed by atoms with Crippen molar-refractivity contribution in [2.45, 2.75) is 89.9 Å². The van der Waals surface area contributed by atoms with E-state index < -0.39 is 0 Å². The minimum Gasteiger partial charge on any atom is -0.346 e. The lowest BCUT2D eigenvalue weighted by atomic mass is 9.81. The number of hydrogen-bond donors (Lipinski definition) is 0. The van der Waals surface area contributed by atoms with Crippen LogP contribution in [0.2, 0.25) is 0 Å². The van der Waals surface area contributed by atoms with Gasteiger partial charge in [-0.1, -0.05) is 68.5 Å². The number of nitrogens with zero attached hydrogens (tertiary/aromatic N) is 2. The van der Waals surface area contributed by atoms with Gasteiger partial charge in [-0.3, -0.25) is 0 Å². The Morgan fingerprint density at radius 1 is 0.667 bits per heavy atom. The molecule has 2 unspecified atom stereocenters. The van der Waals surface area contributed by atoms with Crippen molar-refractivity contribution in [2.24, 2.45) is 11.8 Å². The van der Waals surface area contributed by atoms with E-state index in [-0.39, 0.29) is 0 Å². The molecule has 2 heteroatoms. The third kappa shape index (κ3) is 3.53. The molecule has 1 saturated heterocycles. The quantitative estimate of drug-likeness (QED) is 0.534. The molecule has 0 N–H and O–H groups in total. The van der Waals surface area contributed by atoms with Gasteiger partial charge in [0.25, 0.3) is 0 Å². The first-order valence-corrected chi connectivity index (χ1v) is 12.4. The molecule has 2 nitrogen and oxygen atoms in total. The second-order valence-corrected chi connectivity index (χ2v) is 10.0. The standard InChI is InChI=1S/C28H38N2/c1-21-13-9-12-20-26(21)29-22(2)27(23-14-5-3-6-15-23)30(25-18-7-4-8-19-25)28(29)24-16-10-11-17-24/h4,7-9,12-13,18-20,22-24,27-28H,3,5-6,10-11,14-17H2,1-2H3/t22-,27?,28?/m0/s1. The predicted octanol–water partition coefficient (Wildman–Crippen LogP) is 7.18. The summed E-state index contributed by atoms with van der Waals surface area (Å²) < 4.78 is 0. The van der Waals surface area contributed by atoms with Crippen LogP contribution in [0.1, 0.15) is 70.3 Å². The van der Waals surface area contributed by atoms with Crippen molar-refractivity contribution in [1.29, 1.82) is 0 Å². The summed E-state index contributed by atoms with van der Waals surface area (Å²) in [6, 6.07) is 21.6. The zero-order valence-corrected chi connectivity index (χ0v) is 18.8. The van der Waals surface area contributed by atoms with Gasteiger partial charge in [0.1, 0.15) is 6.17 Å². The summed E-state index contributed by atoms with van der Waals surface area (Å²) in [6.07, 6.45) is 13.1. The summed E-state index contributed by atoms with van der Waals surface area (Å²) in [7, 11) is 0. The van der Waals surface area contributed by atoms with Gasteiger partial charge in [-0.2, -0.15) is 0 Å². The lowest BCUT2D eigenvalue weighted by Gasteiger charge is -2.40. The molecule has 2 saturated carbocycles. The number of anilines is 2. The lowest BCUT2D eigenvalue weighted by Crippen LogP contribution is -2.47. The average Bonchev–Trinajstić information content (AvgIpc) is 3.41. The maximum Gasteiger partial charge on any atom is 0.105 e. The smallest absolute Gasteiger partial charge is 0.105 e. The van der Waals surface area contributed by atoms with Gasteiger partial charge >= 0.3 is 0 Å². The van der Waals surface area contributed by atoms with E-state index in [1.807, 2.05) is 0 Å². The minimum atomic E-state index is 0.484. The van der Waals surface area contributed by atoms with Crippen LogP contribution in [0.4, 0.5) is 11.4 Å². The summed E-state index contributed by atoms with van der Waals surface area (Å²) in [5.41, 5.74) is 4.32. The summed E-state index contributed by atoms with van der Waals surface area (Å²) in [5.74, 6) is 1.58. The summed E-state index contributed by atoms with van der Waals surface area (Å²) >= 11 is 0. The van der Waals surface area contributed by atoms with Gasteiger partial charge in [-0.05, 0) is 75.1 Å². The van der Waals surface area contributed by atoms with Crippen LogP contribution in [0.25, 0.3) is 0 Å². The molecule has 160 valence electrons. The molecule has 3 atom stereocenters. The topological polar surface area (TPSA) is 6.48 Å². The maximum atomic E-state index is 2.89. The van der Waals surface area contributed by atoms with Gasteiger partial charge in [0.15, 0.2) is 0 Å². The first-order valence-electron chi connectivity index (χ1n) is 12.4. The zero-order chi connectivity index (χ0) is 20.5. The average molecular weight is 403 g/mol. The molecule has 0 radical (unpaired) electrons. The molecule has 0 bridgehead atoms. The predicted molar refractivity (Wildman–Crippen MR) is 128 cm³/mol. The number of aryl methyl sites for hydroxylation is 1. The number of rotatable bonds is 4. The van der Waals surface area contributed by atoms with Gasteiger partial charge < -0.3 is 9.80 Å². The SMILES string of the molecule is Cc1ccccc1N1C(C2CCCC2)N(c2ccccc2)C(C2CCCCC2)[C@@H]1C. The van der Waals surface area contributed by atoms with Crippen LogP contribution in [0.15, 0.2) is 54.6 Å². The molecular formula is C28H38N2. The van der Waals surface area contributed by atoms with Gasteiger partial charge in [0.2, 0.25) is 0 Å². The van der Waals surface area contributed by atoms with Crippen molar-refractivity contribution in [2.75, 3.05) is 9.80 Å². The monoisotopic (exact) mass is 402 g/mol. The molecular weight excluding hydrogens is 364 g/mol. The highest BCUT2D eigenvalue weighted by molar-refractivity contribution is 5.62. The summed E-state index contributed by atoms with van der Waals surface area (Å²) in [6.45, 7) is 4.82. The summed E-state index contributed by atoms with van der Waals surface area (Å²) in [4.78, 5) is 5.74. The largest absolute Gasteiger partial charge is 0.346 e. The fraction of sp³-hybridized carbons (Fsp3) is 0.571. The Kier molecular flexibility index (Phi) is 5.76. The highest BCUT2D eigenvalue weighted by Gasteiger charge is 2.51. The third-order valence-corrected chi connectivity index (χ3v) is 8.23. The third-order valence-electron chi connectivity index (χ3n) is 8.23. The van der Waals surface area contributed by atoms with E-state index in [1.54, 1.807) is 0 Å². The molecule has 2 aromatic carbocycles. The highest BCUT2D eigenvalue weighted by atomic mass is 15.5. The Balaban J connectivity index is 1.63. The fourth-order valence-electron chi connectivity index (χ4n) is 6.89. The molecule has 0 amide bonds. The van der Waals surface area contributed by atoms with Gasteiger partial charge in [0.05, 0.1) is 6.04 Å². The summed E-state index contributed by atoms with van der Waals surface area (Å²) in [5, 5.41) is 0. The van der Waals surface area contributed by atoms with E-state index in [4.69, 9.17) is 0 Å².